The second kappa shape index (κ2) is 9.08. The number of aliphatic hydroxyl groups excluding tert-OH is 1. The molecule has 0 amide bonds. The van der Waals surface area contributed by atoms with Crippen molar-refractivity contribution in [2.24, 2.45) is 0 Å². The van der Waals surface area contributed by atoms with Gasteiger partial charge in [-0.25, -0.2) is 4.39 Å². The van der Waals surface area contributed by atoms with E-state index in [1.807, 2.05) is 48.1 Å². The molecule has 0 radical (unpaired) electrons. The fraction of sp³-hybridized carbons (Fsp3) is 0.227. The number of esters is 1. The largest absolute Gasteiger partial charge is 0.463 e. The van der Waals surface area contributed by atoms with Crippen molar-refractivity contribution in [3.8, 4) is 16.9 Å². The van der Waals surface area contributed by atoms with E-state index in [-0.39, 0.29) is 25.5 Å². The van der Waals surface area contributed by atoms with Crippen molar-refractivity contribution in [3.63, 3.8) is 0 Å². The lowest BCUT2D eigenvalue weighted by Crippen LogP contribution is -2.11. The third kappa shape index (κ3) is 4.46. The molecule has 0 saturated heterocycles. The van der Waals surface area contributed by atoms with Crippen molar-refractivity contribution in [2.75, 3.05) is 19.5 Å². The maximum Gasteiger partial charge on any atom is 0.310 e. The summed E-state index contributed by atoms with van der Waals surface area (Å²) in [5.74, 6) is -0.690. The van der Waals surface area contributed by atoms with Crippen LogP contribution in [-0.2, 0) is 16.0 Å². The van der Waals surface area contributed by atoms with Crippen LogP contribution < -0.4 is 0 Å². The quantitative estimate of drug-likeness (QED) is 0.473. The highest BCUT2D eigenvalue weighted by Gasteiger charge is 2.17. The SMILES string of the molecule is CSc1ccc(-c2cc(CC(=O)OCCO)c(C)n2-c2ccc(F)cc2)cc1. The highest BCUT2D eigenvalue weighted by Crippen LogP contribution is 2.31. The van der Waals surface area contributed by atoms with Gasteiger partial charge < -0.3 is 14.4 Å². The van der Waals surface area contributed by atoms with Crippen LogP contribution in [-0.4, -0.2) is 35.1 Å². The van der Waals surface area contributed by atoms with Crippen LogP contribution in [0.15, 0.2) is 59.5 Å². The Morgan fingerprint density at radius 3 is 2.43 bits per heavy atom. The van der Waals surface area contributed by atoms with Gasteiger partial charge in [-0.1, -0.05) is 12.1 Å². The molecule has 3 rings (SSSR count). The number of rotatable bonds is 7. The molecule has 0 atom stereocenters. The first kappa shape index (κ1) is 20.2. The van der Waals surface area contributed by atoms with Gasteiger partial charge in [-0.3, -0.25) is 4.79 Å². The van der Waals surface area contributed by atoms with E-state index in [9.17, 15) is 9.18 Å². The highest BCUT2D eigenvalue weighted by molar-refractivity contribution is 7.98. The average molecular weight is 399 g/mol. The Morgan fingerprint density at radius 2 is 1.82 bits per heavy atom. The fourth-order valence-electron chi connectivity index (χ4n) is 3.10. The van der Waals surface area contributed by atoms with Crippen LogP contribution in [0.25, 0.3) is 16.9 Å². The van der Waals surface area contributed by atoms with E-state index in [0.29, 0.717) is 0 Å². The minimum atomic E-state index is -0.391. The van der Waals surface area contributed by atoms with Crippen molar-refractivity contribution in [2.45, 2.75) is 18.2 Å². The molecular weight excluding hydrogens is 377 g/mol. The Kier molecular flexibility index (Phi) is 6.54. The molecule has 4 nitrogen and oxygen atoms in total. The molecule has 146 valence electrons. The molecule has 6 heteroatoms. The van der Waals surface area contributed by atoms with Gasteiger partial charge in [-0.05, 0) is 66.8 Å². The van der Waals surface area contributed by atoms with Gasteiger partial charge in [-0.2, -0.15) is 0 Å². The summed E-state index contributed by atoms with van der Waals surface area (Å²) in [7, 11) is 0. The molecule has 0 aliphatic heterocycles. The average Bonchev–Trinajstić information content (AvgIpc) is 3.03. The lowest BCUT2D eigenvalue weighted by atomic mass is 10.1. The second-order valence-corrected chi connectivity index (χ2v) is 7.18. The van der Waals surface area contributed by atoms with E-state index in [4.69, 9.17) is 9.84 Å². The number of ether oxygens (including phenoxy) is 1. The molecule has 0 bridgehead atoms. The molecule has 0 saturated carbocycles. The predicted octanol–water partition coefficient (Wildman–Crippen LogP) is 4.39. The van der Waals surface area contributed by atoms with E-state index in [0.717, 1.165) is 33.1 Å². The van der Waals surface area contributed by atoms with Crippen molar-refractivity contribution in [1.82, 2.24) is 4.57 Å². The zero-order valence-electron chi connectivity index (χ0n) is 15.8. The van der Waals surface area contributed by atoms with E-state index < -0.39 is 5.97 Å². The van der Waals surface area contributed by atoms with Gasteiger partial charge in [0.05, 0.1) is 18.7 Å². The highest BCUT2D eigenvalue weighted by atomic mass is 32.2. The lowest BCUT2D eigenvalue weighted by molar-refractivity contribution is -0.143. The van der Waals surface area contributed by atoms with Crippen molar-refractivity contribution in [3.05, 3.63) is 71.7 Å². The summed E-state index contributed by atoms with van der Waals surface area (Å²) in [5, 5.41) is 8.83. The Morgan fingerprint density at radius 1 is 1.14 bits per heavy atom. The van der Waals surface area contributed by atoms with Crippen molar-refractivity contribution in [1.29, 1.82) is 0 Å². The Labute approximate surface area is 168 Å². The topological polar surface area (TPSA) is 51.5 Å². The number of thioether (sulfide) groups is 1. The second-order valence-electron chi connectivity index (χ2n) is 6.30. The normalized spacial score (nSPS) is 10.9. The molecule has 0 aliphatic carbocycles. The third-order valence-electron chi connectivity index (χ3n) is 4.51. The fourth-order valence-corrected chi connectivity index (χ4v) is 3.51. The maximum absolute atomic E-state index is 13.4. The van der Waals surface area contributed by atoms with E-state index in [1.165, 1.54) is 12.1 Å². The van der Waals surface area contributed by atoms with E-state index in [2.05, 4.69) is 0 Å². The zero-order chi connectivity index (χ0) is 20.1. The van der Waals surface area contributed by atoms with Gasteiger partial charge in [0, 0.05) is 16.3 Å². The number of nitrogens with zero attached hydrogens (tertiary/aromatic N) is 1. The number of carbonyl (C=O) groups is 1. The van der Waals surface area contributed by atoms with Gasteiger partial charge in [0.2, 0.25) is 0 Å². The van der Waals surface area contributed by atoms with Gasteiger partial charge in [0.15, 0.2) is 0 Å². The number of halogens is 1. The number of aliphatic hydroxyl groups is 1. The minimum absolute atomic E-state index is 0.0143. The summed E-state index contributed by atoms with van der Waals surface area (Å²) in [5.41, 5.74) is 4.45. The minimum Gasteiger partial charge on any atom is -0.463 e. The Bertz CT molecular complexity index is 949. The first-order valence-electron chi connectivity index (χ1n) is 8.91. The van der Waals surface area contributed by atoms with Crippen LogP contribution in [0, 0.1) is 12.7 Å². The Balaban J connectivity index is 2.06. The van der Waals surface area contributed by atoms with Gasteiger partial charge in [-0.15, -0.1) is 11.8 Å². The van der Waals surface area contributed by atoms with Crippen LogP contribution in [0.3, 0.4) is 0 Å². The van der Waals surface area contributed by atoms with Gasteiger partial charge >= 0.3 is 5.97 Å². The van der Waals surface area contributed by atoms with E-state index in [1.54, 1.807) is 23.9 Å². The first-order valence-corrected chi connectivity index (χ1v) is 10.1. The third-order valence-corrected chi connectivity index (χ3v) is 5.26. The molecule has 2 aromatic carbocycles. The van der Waals surface area contributed by atoms with Gasteiger partial charge in [0.1, 0.15) is 12.4 Å². The number of aromatic nitrogens is 1. The molecule has 3 aromatic rings. The Hall–Kier alpha value is -2.57. The summed E-state index contributed by atoms with van der Waals surface area (Å²) in [6.45, 7) is 1.71. The molecule has 0 fully saturated rings. The lowest BCUT2D eigenvalue weighted by Gasteiger charge is -2.13. The molecule has 28 heavy (non-hydrogen) atoms. The van der Waals surface area contributed by atoms with Crippen LogP contribution in [0.2, 0.25) is 0 Å². The molecule has 1 aromatic heterocycles. The summed E-state index contributed by atoms with van der Waals surface area (Å²) in [4.78, 5) is 13.2. The molecule has 0 aliphatic rings. The number of benzene rings is 2. The molecule has 0 spiro atoms. The van der Waals surface area contributed by atoms with Crippen LogP contribution in [0.5, 0.6) is 0 Å². The summed E-state index contributed by atoms with van der Waals surface area (Å²) >= 11 is 1.67. The van der Waals surface area contributed by atoms with Crippen molar-refractivity contribution < 1.29 is 19.0 Å². The van der Waals surface area contributed by atoms with Crippen LogP contribution in [0.4, 0.5) is 4.39 Å². The molecular formula is C22H22FNO3S. The molecule has 0 unspecified atom stereocenters. The van der Waals surface area contributed by atoms with Gasteiger partial charge in [0.25, 0.3) is 0 Å². The molecule has 1 heterocycles. The summed E-state index contributed by atoms with van der Waals surface area (Å²) in [6.07, 6.45) is 2.13. The van der Waals surface area contributed by atoms with Crippen LogP contribution in [0.1, 0.15) is 11.3 Å². The van der Waals surface area contributed by atoms with Crippen molar-refractivity contribution >= 4 is 17.7 Å². The summed E-state index contributed by atoms with van der Waals surface area (Å²) in [6, 6.07) is 16.4. The predicted molar refractivity (Wildman–Crippen MR) is 109 cm³/mol. The number of hydrogen-bond donors (Lipinski definition) is 1. The van der Waals surface area contributed by atoms with Crippen LogP contribution >= 0.6 is 11.8 Å². The maximum atomic E-state index is 13.4. The number of hydrogen-bond acceptors (Lipinski definition) is 4. The number of carbonyl (C=O) groups excluding carboxylic acids is 1. The first-order chi connectivity index (χ1) is 13.5. The summed E-state index contributed by atoms with van der Waals surface area (Å²) < 4.78 is 20.4. The standard InChI is InChI=1S/C22H22FNO3S/c1-15-17(14-22(26)27-12-11-25)13-21(16-3-9-20(28-2)10-4-16)24(15)19-7-5-18(23)6-8-19/h3-10,13,25H,11-12,14H2,1-2H3. The monoisotopic (exact) mass is 399 g/mol. The smallest absolute Gasteiger partial charge is 0.310 e. The van der Waals surface area contributed by atoms with E-state index >= 15 is 0 Å². The zero-order valence-corrected chi connectivity index (χ0v) is 16.6. The molecule has 1 N–H and O–H groups in total.